The Balaban J connectivity index is 3.67. The number of hydrogen-bond donors (Lipinski definition) is 1. The van der Waals surface area contributed by atoms with Crippen LogP contribution >= 0.6 is 0 Å². The van der Waals surface area contributed by atoms with Gasteiger partial charge in [-0.25, -0.2) is 0 Å². The maximum absolute atomic E-state index is 10.1. The molecule has 0 radical (unpaired) electrons. The lowest BCUT2D eigenvalue weighted by Crippen LogP contribution is -2.38. The molecule has 0 unspecified atom stereocenters. The highest BCUT2D eigenvalue weighted by Crippen LogP contribution is 2.40. The van der Waals surface area contributed by atoms with Crippen LogP contribution in [-0.2, 0) is 0 Å². The highest BCUT2D eigenvalue weighted by Gasteiger charge is 2.36. The summed E-state index contributed by atoms with van der Waals surface area (Å²) in [6.45, 7) is 10.8. The summed E-state index contributed by atoms with van der Waals surface area (Å²) in [6.07, 6.45) is 7.84. The minimum atomic E-state index is -1.95. The first-order valence-corrected chi connectivity index (χ1v) is 8.98. The van der Waals surface area contributed by atoms with Crippen molar-refractivity contribution in [2.75, 3.05) is 0 Å². The normalized spacial score (nSPS) is 13.3. The van der Waals surface area contributed by atoms with Crippen LogP contribution < -0.4 is 0 Å². The monoisotopic (exact) mass is 216 g/mol. The summed E-state index contributed by atoms with van der Waals surface area (Å²) in [7, 11) is -1.95. The van der Waals surface area contributed by atoms with Crippen molar-refractivity contribution in [1.82, 2.24) is 0 Å². The van der Waals surface area contributed by atoms with E-state index in [0.29, 0.717) is 0 Å². The molecule has 0 fully saturated rings. The number of rotatable bonds is 7. The Labute approximate surface area is 91.1 Å². The standard InChI is InChI=1S/C12H28OSi/c1-6-7-8-9-10-11-12(2,3)14(4,5)13/h13H,6-11H2,1-5H3. The fourth-order valence-electron chi connectivity index (χ4n) is 1.48. The molecule has 0 aromatic rings. The summed E-state index contributed by atoms with van der Waals surface area (Å²) < 4.78 is 0. The topological polar surface area (TPSA) is 20.2 Å². The highest BCUT2D eigenvalue weighted by molar-refractivity contribution is 6.72. The third kappa shape index (κ3) is 5.16. The predicted octanol–water partition coefficient (Wildman–Crippen LogP) is 4.32. The van der Waals surface area contributed by atoms with E-state index in [2.05, 4.69) is 33.9 Å². The van der Waals surface area contributed by atoms with E-state index >= 15 is 0 Å². The summed E-state index contributed by atoms with van der Waals surface area (Å²) in [6, 6.07) is 0. The van der Waals surface area contributed by atoms with Gasteiger partial charge in [-0.1, -0.05) is 52.9 Å². The minimum absolute atomic E-state index is 0.180. The Bertz CT molecular complexity index is 147. The fraction of sp³-hybridized carbons (Fsp3) is 1.00. The molecule has 2 heteroatoms. The average Bonchev–Trinajstić information content (AvgIpc) is 2.02. The predicted molar refractivity (Wildman–Crippen MR) is 67.1 cm³/mol. The largest absolute Gasteiger partial charge is 0.432 e. The van der Waals surface area contributed by atoms with Crippen molar-refractivity contribution in [3.8, 4) is 0 Å². The first kappa shape index (κ1) is 14.2. The van der Waals surface area contributed by atoms with Gasteiger partial charge in [-0.15, -0.1) is 0 Å². The van der Waals surface area contributed by atoms with E-state index in [0.717, 1.165) is 0 Å². The number of hydrogen-bond acceptors (Lipinski definition) is 1. The molecule has 0 bridgehead atoms. The van der Waals surface area contributed by atoms with Crippen molar-refractivity contribution < 1.29 is 4.80 Å². The molecule has 14 heavy (non-hydrogen) atoms. The van der Waals surface area contributed by atoms with E-state index in [9.17, 15) is 4.80 Å². The summed E-state index contributed by atoms with van der Waals surface area (Å²) in [5.41, 5.74) is 0. The van der Waals surface area contributed by atoms with E-state index in [1.165, 1.54) is 38.5 Å². The van der Waals surface area contributed by atoms with Crippen LogP contribution in [-0.4, -0.2) is 13.1 Å². The molecule has 0 aliphatic heterocycles. The Kier molecular flexibility index (Phi) is 5.99. The smallest absolute Gasteiger partial charge is 0.188 e. The van der Waals surface area contributed by atoms with Crippen LogP contribution in [0.3, 0.4) is 0 Å². The van der Waals surface area contributed by atoms with Gasteiger partial charge in [0.25, 0.3) is 0 Å². The first-order valence-electron chi connectivity index (χ1n) is 6.03. The fourth-order valence-corrected chi connectivity index (χ4v) is 2.26. The van der Waals surface area contributed by atoms with Crippen molar-refractivity contribution in [3.63, 3.8) is 0 Å². The Hall–Kier alpha value is 0.177. The van der Waals surface area contributed by atoms with Crippen molar-refractivity contribution in [2.45, 2.75) is 77.4 Å². The highest BCUT2D eigenvalue weighted by atomic mass is 28.4. The number of unbranched alkanes of at least 4 members (excludes halogenated alkanes) is 4. The maximum atomic E-state index is 10.1. The average molecular weight is 216 g/mol. The van der Waals surface area contributed by atoms with Gasteiger partial charge in [0.1, 0.15) is 0 Å². The third-order valence-electron chi connectivity index (χ3n) is 3.56. The van der Waals surface area contributed by atoms with Crippen LogP contribution in [0.25, 0.3) is 0 Å². The van der Waals surface area contributed by atoms with Crippen LogP contribution in [0.5, 0.6) is 0 Å². The summed E-state index contributed by atoms with van der Waals surface area (Å²) in [4.78, 5) is 10.1. The van der Waals surface area contributed by atoms with E-state index < -0.39 is 8.32 Å². The van der Waals surface area contributed by atoms with Gasteiger partial charge in [0.15, 0.2) is 8.32 Å². The van der Waals surface area contributed by atoms with Crippen molar-refractivity contribution >= 4 is 8.32 Å². The van der Waals surface area contributed by atoms with Crippen LogP contribution in [0.15, 0.2) is 0 Å². The van der Waals surface area contributed by atoms with Gasteiger partial charge in [0.05, 0.1) is 0 Å². The van der Waals surface area contributed by atoms with Gasteiger partial charge in [-0.2, -0.15) is 0 Å². The zero-order valence-corrected chi connectivity index (χ0v) is 11.7. The van der Waals surface area contributed by atoms with E-state index in [4.69, 9.17) is 0 Å². The molecule has 0 amide bonds. The molecule has 1 nitrogen and oxygen atoms in total. The summed E-state index contributed by atoms with van der Waals surface area (Å²) in [5.74, 6) is 0. The molecular weight excluding hydrogens is 188 g/mol. The second kappa shape index (κ2) is 5.91. The van der Waals surface area contributed by atoms with Crippen LogP contribution in [0.4, 0.5) is 0 Å². The molecule has 1 N–H and O–H groups in total. The van der Waals surface area contributed by atoms with Crippen LogP contribution in [0.2, 0.25) is 18.1 Å². The molecule has 0 rings (SSSR count). The minimum Gasteiger partial charge on any atom is -0.432 e. The molecule has 0 spiro atoms. The van der Waals surface area contributed by atoms with Gasteiger partial charge in [-0.3, -0.25) is 0 Å². The molecule has 0 aliphatic carbocycles. The Morgan fingerprint density at radius 2 is 1.50 bits per heavy atom. The van der Waals surface area contributed by atoms with E-state index in [-0.39, 0.29) is 5.04 Å². The van der Waals surface area contributed by atoms with Gasteiger partial charge in [0.2, 0.25) is 0 Å². The van der Waals surface area contributed by atoms with Crippen LogP contribution in [0.1, 0.15) is 59.3 Å². The van der Waals surface area contributed by atoms with Crippen molar-refractivity contribution in [3.05, 3.63) is 0 Å². The molecule has 0 aliphatic rings. The van der Waals surface area contributed by atoms with Gasteiger partial charge < -0.3 is 4.80 Å². The van der Waals surface area contributed by atoms with Gasteiger partial charge in [-0.05, 0) is 24.6 Å². The van der Waals surface area contributed by atoms with Crippen molar-refractivity contribution in [2.24, 2.45) is 0 Å². The lowest BCUT2D eigenvalue weighted by atomic mass is 10.0. The molecule has 0 saturated carbocycles. The lowest BCUT2D eigenvalue weighted by molar-refractivity contribution is 0.434. The van der Waals surface area contributed by atoms with Crippen molar-refractivity contribution in [1.29, 1.82) is 0 Å². The lowest BCUT2D eigenvalue weighted by Gasteiger charge is -2.35. The van der Waals surface area contributed by atoms with E-state index in [1.807, 2.05) is 0 Å². The molecular formula is C12H28OSi. The van der Waals surface area contributed by atoms with Crippen LogP contribution in [0, 0.1) is 0 Å². The molecule has 86 valence electrons. The molecule has 0 aromatic carbocycles. The Morgan fingerprint density at radius 3 is 1.93 bits per heavy atom. The van der Waals surface area contributed by atoms with E-state index in [1.54, 1.807) is 0 Å². The maximum Gasteiger partial charge on any atom is 0.188 e. The summed E-state index contributed by atoms with van der Waals surface area (Å²) in [5, 5.41) is 0.180. The Morgan fingerprint density at radius 1 is 1.00 bits per heavy atom. The quantitative estimate of drug-likeness (QED) is 0.496. The van der Waals surface area contributed by atoms with Gasteiger partial charge in [0, 0.05) is 0 Å². The second-order valence-corrected chi connectivity index (χ2v) is 10.1. The third-order valence-corrected chi connectivity index (χ3v) is 7.12. The molecule has 0 saturated heterocycles. The first-order chi connectivity index (χ1) is 6.31. The summed E-state index contributed by atoms with van der Waals surface area (Å²) >= 11 is 0. The van der Waals surface area contributed by atoms with Gasteiger partial charge >= 0.3 is 0 Å². The zero-order valence-electron chi connectivity index (χ0n) is 10.7. The zero-order chi connectivity index (χ0) is 11.2. The molecule has 0 atom stereocenters. The second-order valence-electron chi connectivity index (χ2n) is 5.61. The SMILES string of the molecule is CCCCCCCC(C)(C)[Si](C)(C)O. The molecule has 0 aromatic heterocycles. The molecule has 0 heterocycles.